The third-order valence-corrected chi connectivity index (χ3v) is 4.16. The van der Waals surface area contributed by atoms with Crippen LogP contribution in [0.25, 0.3) is 22.3 Å². The van der Waals surface area contributed by atoms with E-state index in [0.29, 0.717) is 33.8 Å². The van der Waals surface area contributed by atoms with Crippen LogP contribution < -0.4 is 24.4 Å². The van der Waals surface area contributed by atoms with Gasteiger partial charge in [-0.05, 0) is 30.7 Å². The fourth-order valence-corrected chi connectivity index (χ4v) is 2.85. The van der Waals surface area contributed by atoms with E-state index in [9.17, 15) is 4.79 Å². The van der Waals surface area contributed by atoms with Crippen LogP contribution in [0.3, 0.4) is 0 Å². The molecule has 0 aliphatic rings. The summed E-state index contributed by atoms with van der Waals surface area (Å²) in [5.74, 6) is 1.83. The first-order valence-corrected chi connectivity index (χ1v) is 7.95. The Labute approximate surface area is 150 Å². The summed E-state index contributed by atoms with van der Waals surface area (Å²) in [4.78, 5) is 12.9. The molecule has 0 amide bonds. The second-order valence-corrected chi connectivity index (χ2v) is 5.70. The molecule has 1 heterocycles. The van der Waals surface area contributed by atoms with Gasteiger partial charge in [-0.3, -0.25) is 4.79 Å². The maximum absolute atomic E-state index is 12.9. The summed E-state index contributed by atoms with van der Waals surface area (Å²) in [6, 6.07) is 8.77. The third kappa shape index (κ3) is 2.83. The zero-order chi connectivity index (χ0) is 18.8. The predicted octanol–water partition coefficient (Wildman–Crippen LogP) is 3.80. The van der Waals surface area contributed by atoms with Crippen molar-refractivity contribution < 1.29 is 23.4 Å². The van der Waals surface area contributed by atoms with Gasteiger partial charge in [0.05, 0.1) is 39.4 Å². The van der Waals surface area contributed by atoms with Crippen molar-refractivity contribution in [1.29, 1.82) is 0 Å². The van der Waals surface area contributed by atoms with Crippen molar-refractivity contribution in [2.75, 3.05) is 28.4 Å². The fourth-order valence-electron chi connectivity index (χ4n) is 2.85. The van der Waals surface area contributed by atoms with Crippen LogP contribution in [0.2, 0.25) is 0 Å². The monoisotopic (exact) mass is 356 g/mol. The summed E-state index contributed by atoms with van der Waals surface area (Å²) in [6.07, 6.45) is 0. The van der Waals surface area contributed by atoms with Crippen LogP contribution in [0.5, 0.6) is 23.0 Å². The molecule has 6 heteroatoms. The lowest BCUT2D eigenvalue weighted by Gasteiger charge is -2.15. The molecule has 1 aromatic heterocycles. The average molecular weight is 356 g/mol. The van der Waals surface area contributed by atoms with Gasteiger partial charge in [-0.25, -0.2) is 0 Å². The summed E-state index contributed by atoms with van der Waals surface area (Å²) in [5.41, 5.74) is 1.74. The highest BCUT2D eigenvalue weighted by Crippen LogP contribution is 2.43. The van der Waals surface area contributed by atoms with Crippen LogP contribution in [-0.4, -0.2) is 28.4 Å². The van der Waals surface area contributed by atoms with Crippen molar-refractivity contribution >= 4 is 11.0 Å². The Morgan fingerprint density at radius 3 is 2.08 bits per heavy atom. The smallest absolute Gasteiger partial charge is 0.235 e. The summed E-state index contributed by atoms with van der Waals surface area (Å²) >= 11 is 0. The molecule has 6 nitrogen and oxygen atoms in total. The molecular weight excluding hydrogens is 336 g/mol. The molecule has 0 fully saturated rings. The van der Waals surface area contributed by atoms with Crippen LogP contribution in [-0.2, 0) is 0 Å². The van der Waals surface area contributed by atoms with E-state index >= 15 is 0 Å². The summed E-state index contributed by atoms with van der Waals surface area (Å²) in [7, 11) is 6.03. The van der Waals surface area contributed by atoms with E-state index in [1.54, 1.807) is 18.2 Å². The van der Waals surface area contributed by atoms with Crippen LogP contribution in [0.4, 0.5) is 0 Å². The molecule has 0 aliphatic heterocycles. The number of rotatable bonds is 5. The molecule has 0 atom stereocenters. The number of hydrogen-bond acceptors (Lipinski definition) is 6. The van der Waals surface area contributed by atoms with E-state index in [4.69, 9.17) is 23.4 Å². The first-order chi connectivity index (χ1) is 12.5. The third-order valence-electron chi connectivity index (χ3n) is 4.16. The Bertz CT molecular complexity index is 1020. The van der Waals surface area contributed by atoms with E-state index < -0.39 is 0 Å². The van der Waals surface area contributed by atoms with Gasteiger partial charge >= 0.3 is 0 Å². The number of ether oxygens (including phenoxy) is 4. The highest BCUT2D eigenvalue weighted by molar-refractivity contribution is 5.84. The summed E-state index contributed by atoms with van der Waals surface area (Å²) in [6.45, 7) is 1.93. The maximum Gasteiger partial charge on any atom is 0.235 e. The van der Waals surface area contributed by atoms with Crippen molar-refractivity contribution in [3.05, 3.63) is 46.1 Å². The molecule has 0 spiro atoms. The van der Waals surface area contributed by atoms with Crippen molar-refractivity contribution in [3.63, 3.8) is 0 Å². The van der Waals surface area contributed by atoms with E-state index in [0.717, 1.165) is 5.56 Å². The van der Waals surface area contributed by atoms with Crippen molar-refractivity contribution in [2.45, 2.75) is 6.92 Å². The molecule has 0 bridgehead atoms. The average Bonchev–Trinajstić information content (AvgIpc) is 2.66. The first-order valence-electron chi connectivity index (χ1n) is 7.95. The molecular formula is C20H20O6. The van der Waals surface area contributed by atoms with Gasteiger partial charge in [0.25, 0.3) is 0 Å². The largest absolute Gasteiger partial charge is 0.496 e. The fraction of sp³-hybridized carbons (Fsp3) is 0.250. The van der Waals surface area contributed by atoms with Gasteiger partial charge in [-0.2, -0.15) is 0 Å². The minimum atomic E-state index is -0.249. The minimum absolute atomic E-state index is 0.104. The van der Waals surface area contributed by atoms with Gasteiger partial charge in [0.2, 0.25) is 11.2 Å². The van der Waals surface area contributed by atoms with E-state index in [1.165, 1.54) is 28.4 Å². The second kappa shape index (κ2) is 7.00. The molecule has 26 heavy (non-hydrogen) atoms. The molecule has 0 saturated heterocycles. The van der Waals surface area contributed by atoms with E-state index in [-0.39, 0.29) is 16.9 Å². The Balaban J connectivity index is 2.39. The van der Waals surface area contributed by atoms with Gasteiger partial charge in [0, 0.05) is 6.07 Å². The molecule has 0 saturated carbocycles. The minimum Gasteiger partial charge on any atom is -0.496 e. The maximum atomic E-state index is 12.9. The zero-order valence-corrected chi connectivity index (χ0v) is 15.3. The quantitative estimate of drug-likeness (QED) is 0.693. The molecule has 0 radical (unpaired) electrons. The molecule has 0 N–H and O–H groups in total. The van der Waals surface area contributed by atoms with E-state index in [2.05, 4.69) is 0 Å². The van der Waals surface area contributed by atoms with Crippen molar-refractivity contribution in [2.24, 2.45) is 0 Å². The Hall–Kier alpha value is -3.15. The first kappa shape index (κ1) is 17.7. The normalized spacial score (nSPS) is 10.7. The molecule has 0 aliphatic carbocycles. The van der Waals surface area contributed by atoms with Crippen LogP contribution in [0.1, 0.15) is 5.56 Å². The van der Waals surface area contributed by atoms with Gasteiger partial charge in [-0.1, -0.05) is 6.07 Å². The molecule has 136 valence electrons. The molecule has 0 unspecified atom stereocenters. The summed E-state index contributed by atoms with van der Waals surface area (Å²) in [5, 5.41) is 0.454. The molecule has 3 aromatic rings. The highest BCUT2D eigenvalue weighted by atomic mass is 16.5. The number of aryl methyl sites for hydroxylation is 1. The lowest BCUT2D eigenvalue weighted by Crippen LogP contribution is -2.08. The van der Waals surface area contributed by atoms with Gasteiger partial charge in [-0.15, -0.1) is 0 Å². The van der Waals surface area contributed by atoms with Crippen molar-refractivity contribution in [1.82, 2.24) is 0 Å². The van der Waals surface area contributed by atoms with Gasteiger partial charge in [0.1, 0.15) is 11.3 Å². The van der Waals surface area contributed by atoms with Gasteiger partial charge in [0.15, 0.2) is 17.3 Å². The highest BCUT2D eigenvalue weighted by Gasteiger charge is 2.22. The Morgan fingerprint density at radius 2 is 1.46 bits per heavy atom. The lowest BCUT2D eigenvalue weighted by molar-refractivity contribution is 0.348. The molecule has 2 aromatic carbocycles. The number of methoxy groups -OCH3 is 4. The van der Waals surface area contributed by atoms with E-state index in [1.807, 2.05) is 19.1 Å². The van der Waals surface area contributed by atoms with Crippen LogP contribution in [0.15, 0.2) is 39.5 Å². The van der Waals surface area contributed by atoms with Crippen molar-refractivity contribution in [3.8, 4) is 34.3 Å². The van der Waals surface area contributed by atoms with Crippen LogP contribution >= 0.6 is 0 Å². The topological polar surface area (TPSA) is 67.1 Å². The number of benzene rings is 2. The standard InChI is InChI=1S/C20H20O6/c1-11-6-7-12-15(8-11)26-19(20(25-5)18(12)21)13-9-16(23-3)17(24-4)10-14(13)22-2/h6-10H,1-5H3. The number of fused-ring (bicyclic) bond motifs is 1. The second-order valence-electron chi connectivity index (χ2n) is 5.70. The summed E-state index contributed by atoms with van der Waals surface area (Å²) < 4.78 is 27.5. The van der Waals surface area contributed by atoms with Gasteiger partial charge < -0.3 is 23.4 Å². The lowest BCUT2D eigenvalue weighted by atomic mass is 10.1. The number of hydrogen-bond donors (Lipinski definition) is 0. The molecule has 3 rings (SSSR count). The Kier molecular flexibility index (Phi) is 4.75. The Morgan fingerprint density at radius 1 is 0.808 bits per heavy atom. The SMILES string of the molecule is COc1cc(OC)c(-c2oc3cc(C)ccc3c(=O)c2OC)cc1OC. The predicted molar refractivity (Wildman–Crippen MR) is 98.9 cm³/mol. The van der Waals surface area contributed by atoms with Crippen LogP contribution in [0, 0.1) is 6.92 Å². The zero-order valence-electron chi connectivity index (χ0n) is 15.3.